The average Bonchev–Trinajstić information content (AvgIpc) is 3.45. The van der Waals surface area contributed by atoms with Crippen molar-refractivity contribution < 1.29 is 0 Å². The van der Waals surface area contributed by atoms with Gasteiger partial charge in [-0.25, -0.2) is 0 Å². The maximum atomic E-state index is 4.05. The molecule has 0 atom stereocenters. The van der Waals surface area contributed by atoms with E-state index in [-0.39, 0.29) is 5.41 Å². The van der Waals surface area contributed by atoms with Crippen molar-refractivity contribution in [3.05, 3.63) is 148 Å². The Balaban J connectivity index is 1.59. The summed E-state index contributed by atoms with van der Waals surface area (Å²) in [5, 5.41) is 3.63. The van der Waals surface area contributed by atoms with Crippen molar-refractivity contribution in [2.75, 3.05) is 0 Å². The fourth-order valence-electron chi connectivity index (χ4n) is 7.52. The molecule has 0 unspecified atom stereocenters. The van der Waals surface area contributed by atoms with E-state index in [2.05, 4.69) is 162 Å². The van der Waals surface area contributed by atoms with E-state index in [9.17, 15) is 0 Å². The van der Waals surface area contributed by atoms with E-state index >= 15 is 0 Å². The number of fused-ring (bicyclic) bond motifs is 4. The Morgan fingerprint density at radius 1 is 0.705 bits per heavy atom. The summed E-state index contributed by atoms with van der Waals surface area (Å²) in [5.41, 5.74) is 16.9. The normalized spacial score (nSPS) is 14.2. The molecule has 0 saturated carbocycles. The van der Waals surface area contributed by atoms with Crippen LogP contribution in [-0.4, -0.2) is 4.57 Å². The van der Waals surface area contributed by atoms with Crippen LogP contribution in [0, 0.1) is 20.8 Å². The van der Waals surface area contributed by atoms with Crippen molar-refractivity contribution in [1.82, 2.24) is 4.57 Å². The Kier molecular flexibility index (Phi) is 6.59. The van der Waals surface area contributed by atoms with E-state index in [1.807, 2.05) is 6.08 Å². The number of allylic oxidation sites excluding steroid dienone is 1. The molecule has 0 amide bonds. The standard InChI is InChI=1S/C43H39N/c1-8-15-39-32(9-2)34-23-21-30(25-40(34)44(39)31-17-11-10-12-18-31)36-26-38-42(35-22-20-27(3)24-37(35)43(38,6)7)41(29(36)5)33-19-14-13-16-28(33)4/h8-26H,1H2,2-7H3/b32-9-,39-15+. The van der Waals surface area contributed by atoms with Crippen LogP contribution in [0.1, 0.15) is 48.6 Å². The van der Waals surface area contributed by atoms with Gasteiger partial charge in [-0.2, -0.15) is 0 Å². The highest BCUT2D eigenvalue weighted by molar-refractivity contribution is 5.99. The van der Waals surface area contributed by atoms with Gasteiger partial charge in [-0.3, -0.25) is 0 Å². The summed E-state index contributed by atoms with van der Waals surface area (Å²) in [6, 6.07) is 36.0. The number of aryl methyl sites for hydroxylation is 2. The molecular formula is C43H39N. The number of para-hydroxylation sites is 1. The summed E-state index contributed by atoms with van der Waals surface area (Å²) in [7, 11) is 0. The predicted molar refractivity (Wildman–Crippen MR) is 190 cm³/mol. The van der Waals surface area contributed by atoms with Crippen LogP contribution in [-0.2, 0) is 5.41 Å². The molecule has 44 heavy (non-hydrogen) atoms. The molecule has 1 heteroatoms. The van der Waals surface area contributed by atoms with Gasteiger partial charge >= 0.3 is 0 Å². The van der Waals surface area contributed by atoms with E-state index < -0.39 is 0 Å². The molecule has 5 aromatic carbocycles. The first-order valence-electron chi connectivity index (χ1n) is 15.6. The first-order valence-corrected chi connectivity index (χ1v) is 15.6. The molecule has 1 aliphatic carbocycles. The lowest BCUT2D eigenvalue weighted by atomic mass is 9.78. The molecular weight excluding hydrogens is 530 g/mol. The van der Waals surface area contributed by atoms with Gasteiger partial charge in [-0.1, -0.05) is 111 Å². The molecule has 1 nitrogen and oxygen atoms in total. The highest BCUT2D eigenvalue weighted by Crippen LogP contribution is 2.55. The van der Waals surface area contributed by atoms with Gasteiger partial charge in [0, 0.05) is 21.7 Å². The van der Waals surface area contributed by atoms with E-state index in [0.717, 1.165) is 11.0 Å². The van der Waals surface area contributed by atoms with Crippen molar-refractivity contribution in [3.8, 4) is 39.1 Å². The first-order chi connectivity index (χ1) is 21.3. The van der Waals surface area contributed by atoms with Gasteiger partial charge < -0.3 is 4.57 Å². The smallest absolute Gasteiger partial charge is 0.0547 e. The van der Waals surface area contributed by atoms with E-state index in [1.54, 1.807) is 0 Å². The summed E-state index contributed by atoms with van der Waals surface area (Å²) in [6.07, 6.45) is 6.23. The van der Waals surface area contributed by atoms with Gasteiger partial charge in [0.1, 0.15) is 0 Å². The molecule has 0 fully saturated rings. The lowest BCUT2D eigenvalue weighted by molar-refractivity contribution is 0.660. The summed E-state index contributed by atoms with van der Waals surface area (Å²) < 4.78 is 2.38. The van der Waals surface area contributed by atoms with Crippen molar-refractivity contribution in [2.24, 2.45) is 0 Å². The maximum absolute atomic E-state index is 4.05. The van der Waals surface area contributed by atoms with E-state index in [1.165, 1.54) is 77.3 Å². The molecule has 216 valence electrons. The number of aromatic nitrogens is 1. The molecule has 7 rings (SSSR count). The summed E-state index contributed by atoms with van der Waals surface area (Å²) in [5.74, 6) is 0. The minimum Gasteiger partial charge on any atom is -0.309 e. The molecule has 1 aromatic heterocycles. The number of hydrogen-bond acceptors (Lipinski definition) is 0. The Hall–Kier alpha value is -4.88. The molecule has 0 spiro atoms. The molecule has 0 N–H and O–H groups in total. The lowest BCUT2D eigenvalue weighted by Crippen LogP contribution is -2.27. The highest BCUT2D eigenvalue weighted by atomic mass is 15.0. The number of nitrogens with zero attached hydrogens (tertiary/aromatic N) is 1. The quantitative estimate of drug-likeness (QED) is 0.199. The second-order valence-corrected chi connectivity index (χ2v) is 12.7. The molecule has 0 bridgehead atoms. The largest absolute Gasteiger partial charge is 0.309 e. The SMILES string of the molecule is C=C/C=c1\c(=C/C)c2ccc(-c3cc4c(c(-c5ccccc5C)c3C)-c3ccc(C)cc3C4(C)C)cc2n1-c1ccccc1. The van der Waals surface area contributed by atoms with Gasteiger partial charge in [-0.15, -0.1) is 0 Å². The molecule has 6 aromatic rings. The molecule has 0 aliphatic heterocycles. The van der Waals surface area contributed by atoms with Crippen molar-refractivity contribution in [3.63, 3.8) is 0 Å². The van der Waals surface area contributed by atoms with Gasteiger partial charge in [-0.05, 0) is 114 Å². The van der Waals surface area contributed by atoms with Crippen molar-refractivity contribution >= 4 is 23.1 Å². The van der Waals surface area contributed by atoms with Gasteiger partial charge in [0.25, 0.3) is 0 Å². The van der Waals surface area contributed by atoms with Crippen LogP contribution < -0.4 is 10.6 Å². The van der Waals surface area contributed by atoms with Crippen LogP contribution >= 0.6 is 0 Å². The average molecular weight is 570 g/mol. The summed E-state index contributed by atoms with van der Waals surface area (Å²) >= 11 is 0. The minimum atomic E-state index is -0.110. The maximum Gasteiger partial charge on any atom is 0.0547 e. The van der Waals surface area contributed by atoms with Crippen molar-refractivity contribution in [1.29, 1.82) is 0 Å². The second kappa shape index (κ2) is 10.4. The van der Waals surface area contributed by atoms with Crippen LogP contribution in [0.4, 0.5) is 0 Å². The summed E-state index contributed by atoms with van der Waals surface area (Å²) in [6.45, 7) is 17.7. The van der Waals surface area contributed by atoms with Crippen molar-refractivity contribution in [2.45, 2.75) is 47.0 Å². The first kappa shape index (κ1) is 27.9. The molecule has 1 aliphatic rings. The van der Waals surface area contributed by atoms with Crippen LogP contribution in [0.3, 0.4) is 0 Å². The third-order valence-corrected chi connectivity index (χ3v) is 9.73. The Morgan fingerprint density at radius 3 is 2.18 bits per heavy atom. The van der Waals surface area contributed by atoms with Crippen LogP contribution in [0.2, 0.25) is 0 Å². The van der Waals surface area contributed by atoms with Crippen LogP contribution in [0.5, 0.6) is 0 Å². The van der Waals surface area contributed by atoms with E-state index in [4.69, 9.17) is 0 Å². The zero-order valence-corrected chi connectivity index (χ0v) is 26.6. The Bertz CT molecular complexity index is 2240. The molecule has 0 saturated heterocycles. The predicted octanol–water partition coefficient (Wildman–Crippen LogP) is 9.96. The number of benzene rings is 5. The van der Waals surface area contributed by atoms with Gasteiger partial charge in [0.2, 0.25) is 0 Å². The number of rotatable bonds is 4. The minimum absolute atomic E-state index is 0.110. The fourth-order valence-corrected chi connectivity index (χ4v) is 7.52. The molecule has 0 radical (unpaired) electrons. The lowest BCUT2D eigenvalue weighted by Gasteiger charge is -2.25. The third-order valence-electron chi connectivity index (χ3n) is 9.73. The van der Waals surface area contributed by atoms with Gasteiger partial charge in [0.15, 0.2) is 0 Å². The Labute approximate surface area is 261 Å². The highest BCUT2D eigenvalue weighted by Gasteiger charge is 2.38. The van der Waals surface area contributed by atoms with E-state index in [0.29, 0.717) is 0 Å². The van der Waals surface area contributed by atoms with Crippen LogP contribution in [0.15, 0.2) is 110 Å². The topological polar surface area (TPSA) is 4.93 Å². The summed E-state index contributed by atoms with van der Waals surface area (Å²) in [4.78, 5) is 0. The van der Waals surface area contributed by atoms with Crippen LogP contribution in [0.25, 0.3) is 62.1 Å². The van der Waals surface area contributed by atoms with Gasteiger partial charge in [0.05, 0.1) is 10.9 Å². The zero-order chi connectivity index (χ0) is 30.7. The Morgan fingerprint density at radius 2 is 1.45 bits per heavy atom. The molecule has 1 heterocycles. The zero-order valence-electron chi connectivity index (χ0n) is 26.6. The monoisotopic (exact) mass is 569 g/mol. The second-order valence-electron chi connectivity index (χ2n) is 12.7. The third kappa shape index (κ3) is 4.07. The number of hydrogen-bond donors (Lipinski definition) is 0. The fraction of sp³-hybridized carbons (Fsp3) is 0.163.